The zero-order chi connectivity index (χ0) is 59.2. The highest BCUT2D eigenvalue weighted by molar-refractivity contribution is 7.13. The maximum atomic E-state index is 14.0. The van der Waals surface area contributed by atoms with Crippen LogP contribution in [0.1, 0.15) is 127 Å². The molecule has 0 aliphatic carbocycles. The molecule has 4 atom stereocenters. The lowest BCUT2D eigenvalue weighted by Gasteiger charge is -2.37. The third-order valence-corrected chi connectivity index (χ3v) is 16.4. The van der Waals surface area contributed by atoms with Gasteiger partial charge in [-0.1, -0.05) is 76.1 Å². The molecular formula is C64H87N11O8S. The number of aryl methyl sites for hydroxylation is 1. The van der Waals surface area contributed by atoms with Crippen molar-refractivity contribution in [3.63, 3.8) is 0 Å². The van der Waals surface area contributed by atoms with E-state index in [1.807, 2.05) is 75.7 Å². The molecule has 84 heavy (non-hydrogen) atoms. The number of thiazole rings is 1. The van der Waals surface area contributed by atoms with Crippen LogP contribution in [0.2, 0.25) is 0 Å². The Morgan fingerprint density at radius 1 is 0.798 bits per heavy atom. The Morgan fingerprint density at radius 3 is 2.18 bits per heavy atom. The van der Waals surface area contributed by atoms with Gasteiger partial charge >= 0.3 is 0 Å². The maximum Gasteiger partial charge on any atom is 0.246 e. The minimum Gasteiger partial charge on any atom is -0.494 e. The van der Waals surface area contributed by atoms with Crippen LogP contribution < -0.4 is 31.3 Å². The molecule has 0 unspecified atom stereocenters. The second-order valence-corrected chi connectivity index (χ2v) is 23.9. The normalized spacial score (nSPS) is 16.7. The number of unbranched alkanes of at least 4 members (excludes halogenated alkanes) is 5. The smallest absolute Gasteiger partial charge is 0.246 e. The largest absolute Gasteiger partial charge is 0.494 e. The molecule has 3 aromatic carbocycles. The first-order chi connectivity index (χ1) is 40.7. The highest BCUT2D eigenvalue weighted by Gasteiger charge is 2.44. The summed E-state index contributed by atoms with van der Waals surface area (Å²) in [6.45, 7) is 15.8. The molecule has 8 rings (SSSR count). The summed E-state index contributed by atoms with van der Waals surface area (Å²) in [7, 11) is 0. The van der Waals surface area contributed by atoms with Crippen LogP contribution in [-0.2, 0) is 40.7 Å². The van der Waals surface area contributed by atoms with Gasteiger partial charge in [0.2, 0.25) is 17.7 Å². The van der Waals surface area contributed by atoms with Crippen molar-refractivity contribution in [1.82, 2.24) is 46.0 Å². The van der Waals surface area contributed by atoms with Gasteiger partial charge in [0.25, 0.3) is 0 Å². The number of aromatic amines is 1. The van der Waals surface area contributed by atoms with E-state index in [4.69, 9.17) is 18.9 Å². The lowest BCUT2D eigenvalue weighted by molar-refractivity contribution is -0.144. The van der Waals surface area contributed by atoms with E-state index >= 15 is 0 Å². The van der Waals surface area contributed by atoms with Crippen LogP contribution >= 0.6 is 11.3 Å². The van der Waals surface area contributed by atoms with E-state index in [1.54, 1.807) is 23.7 Å². The molecule has 2 aliphatic heterocycles. The number of piperidine rings is 1. The molecule has 6 aromatic rings. The molecular weight excluding hydrogens is 1080 g/mol. The molecule has 2 aliphatic rings. The number of nitrogens with one attached hydrogen (secondary N) is 6. The van der Waals surface area contributed by atoms with Crippen LogP contribution in [0.5, 0.6) is 5.75 Å². The van der Waals surface area contributed by atoms with Crippen molar-refractivity contribution < 1.29 is 38.4 Å². The van der Waals surface area contributed by atoms with Gasteiger partial charge in [-0.25, -0.2) is 4.98 Å². The number of aromatic nitrogens is 5. The molecule has 20 heteroatoms. The third kappa shape index (κ3) is 18.8. The molecule has 19 nitrogen and oxygen atoms in total. The molecule has 0 spiro atoms. The number of benzene rings is 3. The average Bonchev–Trinajstić information content (AvgIpc) is 4.33. The fourth-order valence-electron chi connectivity index (χ4n) is 10.6. The van der Waals surface area contributed by atoms with Gasteiger partial charge < -0.3 is 60.5 Å². The van der Waals surface area contributed by atoms with Gasteiger partial charge in [0.1, 0.15) is 17.8 Å². The Bertz CT molecular complexity index is 2960. The van der Waals surface area contributed by atoms with Crippen LogP contribution in [0.15, 0.2) is 103 Å². The van der Waals surface area contributed by atoms with Crippen molar-refractivity contribution in [2.24, 2.45) is 5.41 Å². The predicted molar refractivity (Wildman–Crippen MR) is 328 cm³/mol. The van der Waals surface area contributed by atoms with Gasteiger partial charge in [-0.3, -0.25) is 19.4 Å². The second kappa shape index (κ2) is 31.9. The van der Waals surface area contributed by atoms with E-state index in [9.17, 15) is 19.5 Å². The first-order valence-corrected chi connectivity index (χ1v) is 30.8. The van der Waals surface area contributed by atoms with Crippen molar-refractivity contribution in [1.29, 1.82) is 0 Å². The fraction of sp³-hybridized carbons (Fsp3) is 0.516. The van der Waals surface area contributed by atoms with Crippen molar-refractivity contribution in [2.45, 2.75) is 142 Å². The zero-order valence-corrected chi connectivity index (χ0v) is 50.4. The Kier molecular flexibility index (Phi) is 24.0. The van der Waals surface area contributed by atoms with E-state index < -0.39 is 23.6 Å². The van der Waals surface area contributed by atoms with Crippen molar-refractivity contribution in [2.75, 3.05) is 76.5 Å². The van der Waals surface area contributed by atoms with E-state index in [2.05, 4.69) is 101 Å². The molecule has 3 aromatic heterocycles. The standard InChI is InChI=1S/C64H87N11O8S/c1-45(69-51-16-14-17-52(40-51)72-64(26-30-66-31-27-64)62-71-59(73-74-62)49-24-28-65-29-25-49)50-15-13-18-54(39-50)83-34-12-7-6-10-32-80-35-37-82-38-36-81-33-11-8-9-19-56(77)70-58(63(3,4)5)61(79)75-43-53(76)41-55(75)60(78)67-42-47-20-22-48(23-21-47)57-46(2)68-44-84-57/h13-18,20-25,28-29,39-40,44-45,53,55,58,66,69,72,76H,6-12,19,26-27,30-38,41-43H2,1-5H3,(H,67,78)(H,70,77)(H,71,73,74)/t45-,53+,55-,58+/m0/s1. The van der Waals surface area contributed by atoms with E-state index in [-0.39, 0.29) is 55.2 Å². The summed E-state index contributed by atoms with van der Waals surface area (Å²) in [5.41, 5.74) is 7.89. The predicted octanol–water partition coefficient (Wildman–Crippen LogP) is 9.52. The monoisotopic (exact) mass is 1170 g/mol. The highest BCUT2D eigenvalue weighted by Crippen LogP contribution is 2.35. The molecule has 452 valence electrons. The Morgan fingerprint density at radius 2 is 1.48 bits per heavy atom. The summed E-state index contributed by atoms with van der Waals surface area (Å²) in [6, 6.07) is 26.9. The quantitative estimate of drug-likeness (QED) is 0.0190. The van der Waals surface area contributed by atoms with Gasteiger partial charge in [0.15, 0.2) is 11.6 Å². The number of aliphatic hydroxyl groups is 1. The lowest BCUT2D eigenvalue weighted by Crippen LogP contribution is -2.57. The Balaban J connectivity index is 0.621. The first-order valence-electron chi connectivity index (χ1n) is 29.9. The molecule has 7 N–H and O–H groups in total. The van der Waals surface area contributed by atoms with Crippen LogP contribution in [0.3, 0.4) is 0 Å². The highest BCUT2D eigenvalue weighted by atomic mass is 32.1. The lowest BCUT2D eigenvalue weighted by atomic mass is 9.85. The van der Waals surface area contributed by atoms with Gasteiger partial charge in [0.05, 0.1) is 60.8 Å². The van der Waals surface area contributed by atoms with Gasteiger partial charge in [0, 0.05) is 74.5 Å². The number of likely N-dealkylation sites (tertiary alicyclic amines) is 1. The maximum absolute atomic E-state index is 14.0. The summed E-state index contributed by atoms with van der Waals surface area (Å²) in [4.78, 5) is 55.1. The molecule has 0 radical (unpaired) electrons. The minimum absolute atomic E-state index is 0.0262. The summed E-state index contributed by atoms with van der Waals surface area (Å²) in [5.74, 6) is 1.50. The number of pyridine rings is 1. The Hall–Kier alpha value is -6.81. The SMILES string of the molecule is Cc1ncsc1-c1ccc(CNC(=O)[C@@H]2C[C@@H](O)CN2C(=O)[C@@H](NC(=O)CCCCCOCCOCCOCCCCCCOc2cccc([C@H](C)Nc3cccc(NC4(c5nnc(-c6ccncc6)[nH]5)CCNCC4)c3)c2)C(C)(C)C)cc1. The number of carbonyl (C=O) groups is 3. The molecule has 5 heterocycles. The third-order valence-electron chi connectivity index (χ3n) is 15.4. The molecule has 0 bridgehead atoms. The second-order valence-electron chi connectivity index (χ2n) is 23.1. The van der Waals surface area contributed by atoms with Crippen LogP contribution in [0.4, 0.5) is 11.4 Å². The van der Waals surface area contributed by atoms with Gasteiger partial charge in [-0.05, 0) is 136 Å². The summed E-state index contributed by atoms with van der Waals surface area (Å²) in [5, 5.41) is 36.6. The number of β-amino-alcohol motifs (C(OH)–C–C–N with tert-alkyl or cyclic N) is 1. The number of carbonyl (C=O) groups excluding carboxylic acids is 3. The van der Waals surface area contributed by atoms with E-state index in [0.717, 1.165) is 126 Å². The topological polar surface area (TPSA) is 239 Å². The zero-order valence-electron chi connectivity index (χ0n) is 49.6. The summed E-state index contributed by atoms with van der Waals surface area (Å²) in [6.07, 6.45) is 11.1. The molecule has 0 saturated carbocycles. The average molecular weight is 1170 g/mol. The first kappa shape index (κ1) is 63.2. The number of nitrogens with zero attached hydrogens (tertiary/aromatic N) is 5. The number of rotatable bonds is 33. The number of amides is 3. The number of ether oxygens (including phenoxy) is 4. The van der Waals surface area contributed by atoms with Crippen molar-refractivity contribution in [3.05, 3.63) is 125 Å². The summed E-state index contributed by atoms with van der Waals surface area (Å²) < 4.78 is 23.4. The number of hydrogen-bond donors (Lipinski definition) is 7. The number of anilines is 2. The molecule has 2 saturated heterocycles. The van der Waals surface area contributed by atoms with E-state index in [1.165, 1.54) is 4.90 Å². The fourth-order valence-corrected chi connectivity index (χ4v) is 11.4. The van der Waals surface area contributed by atoms with Crippen molar-refractivity contribution >= 4 is 40.4 Å². The van der Waals surface area contributed by atoms with Gasteiger partial charge in [-0.15, -0.1) is 21.5 Å². The van der Waals surface area contributed by atoms with E-state index in [0.29, 0.717) is 52.7 Å². The van der Waals surface area contributed by atoms with Gasteiger partial charge in [-0.2, -0.15) is 0 Å². The number of hydrogen-bond acceptors (Lipinski definition) is 16. The van der Waals surface area contributed by atoms with Crippen LogP contribution in [-0.4, -0.2) is 137 Å². The molecule has 2 fully saturated rings. The minimum atomic E-state index is -0.865. The van der Waals surface area contributed by atoms with Crippen LogP contribution in [0, 0.1) is 12.3 Å². The number of aliphatic hydroxyl groups excluding tert-OH is 1. The van der Waals surface area contributed by atoms with Crippen molar-refractivity contribution in [3.8, 4) is 27.6 Å². The Labute approximate surface area is 499 Å². The molecule has 3 amide bonds. The summed E-state index contributed by atoms with van der Waals surface area (Å²) >= 11 is 1.58. The number of H-pyrrole nitrogens is 1. The van der Waals surface area contributed by atoms with Crippen LogP contribution in [0.25, 0.3) is 21.8 Å².